The van der Waals surface area contributed by atoms with Gasteiger partial charge in [0.2, 0.25) is 0 Å². The fourth-order valence-electron chi connectivity index (χ4n) is 2.71. The molecule has 5 heteroatoms. The first-order valence-electron chi connectivity index (χ1n) is 7.28. The average Bonchev–Trinajstić information content (AvgIpc) is 2.79. The zero-order valence-corrected chi connectivity index (χ0v) is 13.3. The van der Waals surface area contributed by atoms with Gasteiger partial charge < -0.3 is 15.2 Å². The van der Waals surface area contributed by atoms with Crippen molar-refractivity contribution in [2.24, 2.45) is 5.41 Å². The maximum absolute atomic E-state index is 12.4. The van der Waals surface area contributed by atoms with Gasteiger partial charge in [-0.05, 0) is 44.7 Å². The molecule has 20 heavy (non-hydrogen) atoms. The fraction of sp³-hybridized carbons (Fsp3) is 0.667. The molecule has 1 aromatic rings. The molecule has 1 fully saturated rings. The molecule has 4 nitrogen and oxygen atoms in total. The largest absolute Gasteiger partial charge is 0.350 e. The highest BCUT2D eigenvalue weighted by atomic mass is 35.5. The first kappa shape index (κ1) is 15.4. The van der Waals surface area contributed by atoms with Crippen molar-refractivity contribution in [2.75, 3.05) is 19.6 Å². The lowest BCUT2D eigenvalue weighted by Gasteiger charge is -2.34. The maximum atomic E-state index is 12.4. The number of carbonyl (C=O) groups is 1. The van der Waals surface area contributed by atoms with E-state index in [2.05, 4.69) is 17.6 Å². The third kappa shape index (κ3) is 3.55. The smallest absolute Gasteiger partial charge is 0.267 e. The Kier molecular flexibility index (Phi) is 4.76. The van der Waals surface area contributed by atoms with Crippen LogP contribution in [0.1, 0.15) is 50.1 Å². The van der Waals surface area contributed by atoms with E-state index in [4.69, 9.17) is 11.6 Å². The van der Waals surface area contributed by atoms with E-state index in [0.29, 0.717) is 17.3 Å². The van der Waals surface area contributed by atoms with Gasteiger partial charge in [-0.15, -0.1) is 0 Å². The standard InChI is InChI=1S/C15H24ClN3O/c1-11(2)19-8-12(16)7-13(19)14(20)18-10-15(3)5-4-6-17-9-15/h7-8,11,17H,4-6,9-10H2,1-3H3,(H,18,20). The van der Waals surface area contributed by atoms with Gasteiger partial charge in [0.15, 0.2) is 0 Å². The highest BCUT2D eigenvalue weighted by molar-refractivity contribution is 6.31. The second-order valence-corrected chi connectivity index (χ2v) is 6.75. The van der Waals surface area contributed by atoms with Gasteiger partial charge in [-0.2, -0.15) is 0 Å². The molecule has 1 aliphatic rings. The van der Waals surface area contributed by atoms with Gasteiger partial charge in [-0.1, -0.05) is 18.5 Å². The maximum Gasteiger partial charge on any atom is 0.267 e. The summed E-state index contributed by atoms with van der Waals surface area (Å²) < 4.78 is 1.92. The summed E-state index contributed by atoms with van der Waals surface area (Å²) in [6.45, 7) is 9.03. The number of nitrogens with zero attached hydrogens (tertiary/aromatic N) is 1. The topological polar surface area (TPSA) is 46.1 Å². The van der Waals surface area contributed by atoms with Crippen molar-refractivity contribution < 1.29 is 4.79 Å². The third-order valence-electron chi connectivity index (χ3n) is 3.97. The lowest BCUT2D eigenvalue weighted by atomic mass is 9.83. The summed E-state index contributed by atoms with van der Waals surface area (Å²) in [5.74, 6) is -0.0441. The van der Waals surface area contributed by atoms with Crippen LogP contribution in [0.2, 0.25) is 5.02 Å². The molecule has 1 atom stereocenters. The number of piperidine rings is 1. The van der Waals surface area contributed by atoms with Gasteiger partial charge in [0.05, 0.1) is 5.02 Å². The fourth-order valence-corrected chi connectivity index (χ4v) is 2.92. The quantitative estimate of drug-likeness (QED) is 0.898. The molecule has 112 valence electrons. The van der Waals surface area contributed by atoms with E-state index < -0.39 is 0 Å². The van der Waals surface area contributed by atoms with Crippen molar-refractivity contribution in [3.63, 3.8) is 0 Å². The summed E-state index contributed by atoms with van der Waals surface area (Å²) >= 11 is 6.02. The molecule has 0 aromatic carbocycles. The zero-order chi connectivity index (χ0) is 14.8. The van der Waals surface area contributed by atoms with Crippen LogP contribution >= 0.6 is 11.6 Å². The summed E-state index contributed by atoms with van der Waals surface area (Å²) in [7, 11) is 0. The van der Waals surface area contributed by atoms with Gasteiger partial charge in [-0.3, -0.25) is 4.79 Å². The number of aromatic nitrogens is 1. The van der Waals surface area contributed by atoms with Crippen molar-refractivity contribution in [1.82, 2.24) is 15.2 Å². The van der Waals surface area contributed by atoms with Crippen LogP contribution in [0.4, 0.5) is 0 Å². The molecule has 0 bridgehead atoms. The predicted molar refractivity (Wildman–Crippen MR) is 82.4 cm³/mol. The van der Waals surface area contributed by atoms with Crippen molar-refractivity contribution in [3.8, 4) is 0 Å². The van der Waals surface area contributed by atoms with Crippen LogP contribution in [0.25, 0.3) is 0 Å². The molecule has 0 spiro atoms. The van der Waals surface area contributed by atoms with E-state index in [9.17, 15) is 4.79 Å². The van der Waals surface area contributed by atoms with Gasteiger partial charge in [0, 0.05) is 25.3 Å². The molecule has 0 radical (unpaired) electrons. The molecule has 1 amide bonds. The van der Waals surface area contributed by atoms with Gasteiger partial charge in [0.25, 0.3) is 5.91 Å². The lowest BCUT2D eigenvalue weighted by molar-refractivity contribution is 0.0914. The normalized spacial score (nSPS) is 23.1. The van der Waals surface area contributed by atoms with Crippen molar-refractivity contribution in [2.45, 2.75) is 39.7 Å². The molecule has 0 aliphatic carbocycles. The Morgan fingerprint density at radius 2 is 2.35 bits per heavy atom. The minimum atomic E-state index is -0.0441. The second-order valence-electron chi connectivity index (χ2n) is 6.32. The summed E-state index contributed by atoms with van der Waals surface area (Å²) in [6.07, 6.45) is 4.12. The van der Waals surface area contributed by atoms with Crippen LogP contribution in [-0.2, 0) is 0 Å². The van der Waals surface area contributed by atoms with E-state index in [1.807, 2.05) is 24.6 Å². The van der Waals surface area contributed by atoms with Crippen LogP contribution in [0, 0.1) is 5.41 Å². The molecule has 2 heterocycles. The molecule has 2 N–H and O–H groups in total. The SMILES string of the molecule is CC(C)n1cc(Cl)cc1C(=O)NCC1(C)CCCNC1. The summed E-state index contributed by atoms with van der Waals surface area (Å²) in [4.78, 5) is 12.4. The first-order valence-corrected chi connectivity index (χ1v) is 7.65. The predicted octanol–water partition coefficient (Wildman–Crippen LogP) is 2.84. The Morgan fingerprint density at radius 3 is 2.95 bits per heavy atom. The molecular weight excluding hydrogens is 274 g/mol. The van der Waals surface area contributed by atoms with Crippen LogP contribution in [0.3, 0.4) is 0 Å². The minimum absolute atomic E-state index is 0.0441. The van der Waals surface area contributed by atoms with Crippen LogP contribution in [-0.4, -0.2) is 30.1 Å². The number of nitrogens with one attached hydrogen (secondary N) is 2. The van der Waals surface area contributed by atoms with Gasteiger partial charge in [-0.25, -0.2) is 0 Å². The number of rotatable bonds is 4. The number of hydrogen-bond donors (Lipinski definition) is 2. The number of amides is 1. The Morgan fingerprint density at radius 1 is 1.60 bits per heavy atom. The average molecular weight is 298 g/mol. The Labute approximate surface area is 125 Å². The van der Waals surface area contributed by atoms with E-state index in [-0.39, 0.29) is 17.4 Å². The first-order chi connectivity index (χ1) is 9.41. The highest BCUT2D eigenvalue weighted by Crippen LogP contribution is 2.25. The third-order valence-corrected chi connectivity index (χ3v) is 4.17. The van der Waals surface area contributed by atoms with Crippen LogP contribution in [0.15, 0.2) is 12.3 Å². The summed E-state index contributed by atoms with van der Waals surface area (Å²) in [5, 5.41) is 7.06. The highest BCUT2D eigenvalue weighted by Gasteiger charge is 2.27. The minimum Gasteiger partial charge on any atom is -0.350 e. The molecule has 2 rings (SSSR count). The second kappa shape index (κ2) is 6.19. The van der Waals surface area contributed by atoms with E-state index in [1.165, 1.54) is 6.42 Å². The van der Waals surface area contributed by atoms with Gasteiger partial charge >= 0.3 is 0 Å². The van der Waals surface area contributed by atoms with Crippen LogP contribution < -0.4 is 10.6 Å². The Bertz CT molecular complexity index is 475. The number of halogens is 1. The molecule has 1 aliphatic heterocycles. The molecule has 1 aromatic heterocycles. The number of carbonyl (C=O) groups excluding carboxylic acids is 1. The monoisotopic (exact) mass is 297 g/mol. The van der Waals surface area contributed by atoms with E-state index >= 15 is 0 Å². The molecule has 1 unspecified atom stereocenters. The van der Waals surface area contributed by atoms with Crippen molar-refractivity contribution >= 4 is 17.5 Å². The van der Waals surface area contributed by atoms with Gasteiger partial charge in [0.1, 0.15) is 5.69 Å². The zero-order valence-electron chi connectivity index (χ0n) is 12.5. The molecule has 0 saturated carbocycles. The summed E-state index contributed by atoms with van der Waals surface area (Å²) in [5.41, 5.74) is 0.782. The van der Waals surface area contributed by atoms with Crippen molar-refractivity contribution in [1.29, 1.82) is 0 Å². The Balaban J connectivity index is 2.01. The summed E-state index contributed by atoms with van der Waals surface area (Å²) in [6, 6.07) is 1.95. The van der Waals surface area contributed by atoms with E-state index in [1.54, 1.807) is 6.07 Å². The number of hydrogen-bond acceptors (Lipinski definition) is 2. The molecular formula is C15H24ClN3O. The van der Waals surface area contributed by atoms with Crippen LogP contribution in [0.5, 0.6) is 0 Å². The van der Waals surface area contributed by atoms with Crippen molar-refractivity contribution in [3.05, 3.63) is 23.0 Å². The van der Waals surface area contributed by atoms with E-state index in [0.717, 1.165) is 19.5 Å². The molecule has 1 saturated heterocycles. The lowest BCUT2D eigenvalue weighted by Crippen LogP contribution is -2.45. The Hall–Kier alpha value is -1.00.